The molecule has 0 aliphatic heterocycles. The summed E-state index contributed by atoms with van der Waals surface area (Å²) in [5.74, 6) is -1.35. The van der Waals surface area contributed by atoms with Crippen LogP contribution in [0.15, 0.2) is 18.2 Å². The molecule has 9 N–H and O–H groups in total. The Labute approximate surface area is 148 Å². The molecule has 0 radical (unpaired) electrons. The van der Waals surface area contributed by atoms with Crippen LogP contribution in [0.3, 0.4) is 0 Å². The number of carbonyl (C=O) groups is 2. The molecule has 26 heavy (non-hydrogen) atoms. The molecule has 1 atom stereocenters. The predicted octanol–water partition coefficient (Wildman–Crippen LogP) is -0.0302. The fraction of sp³-hybridized carbons (Fsp3) is 0.200. The zero-order valence-corrected chi connectivity index (χ0v) is 14.0. The average molecular weight is 357 g/mol. The summed E-state index contributed by atoms with van der Waals surface area (Å²) in [7, 11) is 0. The number of nitrogens with one attached hydrogen (secondary N) is 3. The molecule has 2 amide bonds. The fourth-order valence-corrected chi connectivity index (χ4v) is 2.09. The maximum atomic E-state index is 11.6. The van der Waals surface area contributed by atoms with E-state index in [1.54, 1.807) is 25.1 Å². The van der Waals surface area contributed by atoms with Crippen LogP contribution in [0.1, 0.15) is 29.4 Å². The number of amides is 2. The third-order valence-corrected chi connectivity index (χ3v) is 3.48. The number of hydrogen-bond donors (Lipinski definition) is 6. The molecular weight excluding hydrogens is 338 g/mol. The summed E-state index contributed by atoms with van der Waals surface area (Å²) in [6, 6.07) is 4.16. The van der Waals surface area contributed by atoms with Crippen LogP contribution in [-0.2, 0) is 4.79 Å². The van der Waals surface area contributed by atoms with Crippen LogP contribution in [0, 0.1) is 5.41 Å². The van der Waals surface area contributed by atoms with Gasteiger partial charge in [0.15, 0.2) is 11.5 Å². The van der Waals surface area contributed by atoms with E-state index < -0.39 is 17.9 Å². The molecule has 0 saturated carbocycles. The maximum Gasteiger partial charge on any atom is 0.273 e. The molecule has 1 heterocycles. The standard InChI is InChI=1S/C15H19N9O2/c1-2-10(12(18)25)21-15-22-14(11(13(19)26)23-24-15)20-8-4-3-7(6-16)9(17)5-8/h3-6,10,16H,2,17H2,1H3,(H2,18,25)(H2,19,26)(H2,20,21,22,24)/t10-/m1/s1. The minimum atomic E-state index is -0.829. The minimum absolute atomic E-state index is 0.00670. The first-order valence-electron chi connectivity index (χ1n) is 7.63. The predicted molar refractivity (Wildman–Crippen MR) is 97.3 cm³/mol. The second kappa shape index (κ2) is 7.88. The summed E-state index contributed by atoms with van der Waals surface area (Å²) >= 11 is 0. The number of nitrogens with zero attached hydrogens (tertiary/aromatic N) is 3. The lowest BCUT2D eigenvalue weighted by Crippen LogP contribution is -2.35. The molecule has 136 valence electrons. The number of primary amides is 2. The summed E-state index contributed by atoms with van der Waals surface area (Å²) < 4.78 is 0. The van der Waals surface area contributed by atoms with Crippen molar-refractivity contribution in [1.82, 2.24) is 15.2 Å². The zero-order valence-electron chi connectivity index (χ0n) is 14.0. The highest BCUT2D eigenvalue weighted by molar-refractivity contribution is 5.96. The van der Waals surface area contributed by atoms with Crippen molar-refractivity contribution >= 4 is 41.2 Å². The molecular formula is C15H19N9O2. The number of nitrogen functional groups attached to an aromatic ring is 1. The van der Waals surface area contributed by atoms with Gasteiger partial charge in [0, 0.05) is 23.2 Å². The van der Waals surface area contributed by atoms with Crippen molar-refractivity contribution in [3.8, 4) is 0 Å². The minimum Gasteiger partial charge on any atom is -0.398 e. The largest absolute Gasteiger partial charge is 0.398 e. The van der Waals surface area contributed by atoms with Gasteiger partial charge in [0.25, 0.3) is 5.91 Å². The Balaban J connectivity index is 2.36. The Morgan fingerprint density at radius 3 is 2.58 bits per heavy atom. The number of nitrogens with two attached hydrogens (primary N) is 3. The topological polar surface area (TPSA) is 199 Å². The molecule has 11 heteroatoms. The van der Waals surface area contributed by atoms with Gasteiger partial charge < -0.3 is 33.2 Å². The molecule has 0 unspecified atom stereocenters. The summed E-state index contributed by atoms with van der Waals surface area (Å²) in [5.41, 5.74) is 17.6. The molecule has 0 aliphatic carbocycles. The van der Waals surface area contributed by atoms with Gasteiger partial charge in [-0.15, -0.1) is 10.2 Å². The first-order valence-corrected chi connectivity index (χ1v) is 7.63. The first kappa shape index (κ1) is 18.6. The lowest BCUT2D eigenvalue weighted by atomic mass is 10.2. The van der Waals surface area contributed by atoms with E-state index in [4.69, 9.17) is 22.6 Å². The maximum absolute atomic E-state index is 11.6. The second-order valence-electron chi connectivity index (χ2n) is 5.32. The van der Waals surface area contributed by atoms with E-state index in [2.05, 4.69) is 25.8 Å². The van der Waals surface area contributed by atoms with Gasteiger partial charge in [0.05, 0.1) is 0 Å². The average Bonchev–Trinajstić information content (AvgIpc) is 2.59. The van der Waals surface area contributed by atoms with Gasteiger partial charge in [0.1, 0.15) is 6.04 Å². The number of rotatable bonds is 8. The van der Waals surface area contributed by atoms with Gasteiger partial charge in [-0.25, -0.2) is 0 Å². The molecule has 1 aromatic heterocycles. The van der Waals surface area contributed by atoms with Crippen LogP contribution in [0.2, 0.25) is 0 Å². The van der Waals surface area contributed by atoms with Crippen LogP contribution < -0.4 is 27.8 Å². The van der Waals surface area contributed by atoms with Crippen LogP contribution in [0.5, 0.6) is 0 Å². The zero-order chi connectivity index (χ0) is 19.3. The van der Waals surface area contributed by atoms with E-state index >= 15 is 0 Å². The highest BCUT2D eigenvalue weighted by atomic mass is 16.1. The van der Waals surface area contributed by atoms with E-state index in [1.165, 1.54) is 0 Å². The first-order chi connectivity index (χ1) is 12.3. The van der Waals surface area contributed by atoms with Crippen LogP contribution in [0.4, 0.5) is 23.1 Å². The lowest BCUT2D eigenvalue weighted by molar-refractivity contribution is -0.118. The van der Waals surface area contributed by atoms with E-state index in [1.807, 2.05) is 0 Å². The van der Waals surface area contributed by atoms with Crippen molar-refractivity contribution < 1.29 is 9.59 Å². The number of anilines is 4. The monoisotopic (exact) mass is 357 g/mol. The molecule has 0 spiro atoms. The van der Waals surface area contributed by atoms with Gasteiger partial charge in [-0.3, -0.25) is 9.59 Å². The normalized spacial score (nSPS) is 11.4. The van der Waals surface area contributed by atoms with Gasteiger partial charge >= 0.3 is 0 Å². The SMILES string of the molecule is CC[C@@H](Nc1nnc(C(N)=O)c(Nc2ccc(C=N)c(N)c2)n1)C(N)=O. The number of aromatic nitrogens is 3. The summed E-state index contributed by atoms with van der Waals surface area (Å²) in [6.45, 7) is 1.76. The molecule has 0 aliphatic rings. The summed E-state index contributed by atoms with van der Waals surface area (Å²) in [6.07, 6.45) is 1.54. The highest BCUT2D eigenvalue weighted by Gasteiger charge is 2.18. The molecule has 0 bridgehead atoms. The summed E-state index contributed by atoms with van der Waals surface area (Å²) in [4.78, 5) is 27.1. The smallest absolute Gasteiger partial charge is 0.273 e. The van der Waals surface area contributed by atoms with Crippen LogP contribution >= 0.6 is 0 Å². The number of carbonyl (C=O) groups excluding carboxylic acids is 2. The Bertz CT molecular complexity index is 853. The van der Waals surface area contributed by atoms with Crippen molar-refractivity contribution in [2.75, 3.05) is 16.4 Å². The number of hydrogen-bond acceptors (Lipinski definition) is 9. The van der Waals surface area contributed by atoms with Crippen molar-refractivity contribution in [3.63, 3.8) is 0 Å². The molecule has 2 aromatic rings. The lowest BCUT2D eigenvalue weighted by Gasteiger charge is -2.14. The Morgan fingerprint density at radius 2 is 2.04 bits per heavy atom. The van der Waals surface area contributed by atoms with E-state index in [-0.39, 0.29) is 17.5 Å². The molecule has 0 fully saturated rings. The van der Waals surface area contributed by atoms with Gasteiger partial charge in [0.2, 0.25) is 11.9 Å². The van der Waals surface area contributed by atoms with Crippen molar-refractivity contribution in [1.29, 1.82) is 5.41 Å². The quantitative estimate of drug-likeness (QED) is 0.279. The molecule has 2 rings (SSSR count). The van der Waals surface area contributed by atoms with Gasteiger partial charge in [-0.05, 0) is 24.6 Å². The van der Waals surface area contributed by atoms with Crippen molar-refractivity contribution in [2.24, 2.45) is 11.5 Å². The molecule has 0 saturated heterocycles. The summed E-state index contributed by atoms with van der Waals surface area (Å²) in [5, 5.41) is 20.4. The van der Waals surface area contributed by atoms with Crippen molar-refractivity contribution in [2.45, 2.75) is 19.4 Å². The van der Waals surface area contributed by atoms with Gasteiger partial charge in [-0.2, -0.15) is 4.98 Å². The Morgan fingerprint density at radius 1 is 1.31 bits per heavy atom. The van der Waals surface area contributed by atoms with Crippen LogP contribution in [-0.4, -0.2) is 39.3 Å². The fourth-order valence-electron chi connectivity index (χ4n) is 2.09. The van der Waals surface area contributed by atoms with Crippen molar-refractivity contribution in [3.05, 3.63) is 29.5 Å². The molecule has 1 aromatic carbocycles. The van der Waals surface area contributed by atoms with E-state index in [0.29, 0.717) is 23.4 Å². The highest BCUT2D eigenvalue weighted by Crippen LogP contribution is 2.22. The van der Waals surface area contributed by atoms with E-state index in [0.717, 1.165) is 6.21 Å². The van der Waals surface area contributed by atoms with Gasteiger partial charge in [-0.1, -0.05) is 6.92 Å². The van der Waals surface area contributed by atoms with Crippen LogP contribution in [0.25, 0.3) is 0 Å². The van der Waals surface area contributed by atoms with E-state index in [9.17, 15) is 9.59 Å². The second-order valence-corrected chi connectivity index (χ2v) is 5.32. The number of benzene rings is 1. The third-order valence-electron chi connectivity index (χ3n) is 3.48. The molecule has 11 nitrogen and oxygen atoms in total. The Kier molecular flexibility index (Phi) is 5.63. The third kappa shape index (κ3) is 4.20. The Hall–Kier alpha value is -3.76.